The summed E-state index contributed by atoms with van der Waals surface area (Å²) in [5, 5.41) is 2.93. The van der Waals surface area contributed by atoms with Crippen LogP contribution >= 0.6 is 0 Å². The maximum Gasteiger partial charge on any atom is 0.265 e. The summed E-state index contributed by atoms with van der Waals surface area (Å²) in [5.74, 6) is 0.609. The van der Waals surface area contributed by atoms with Crippen molar-refractivity contribution >= 4 is 11.6 Å². The van der Waals surface area contributed by atoms with Gasteiger partial charge < -0.3 is 14.8 Å². The van der Waals surface area contributed by atoms with Crippen LogP contribution in [0, 0.1) is 13.8 Å². The minimum absolute atomic E-state index is 0.145. The van der Waals surface area contributed by atoms with E-state index in [4.69, 9.17) is 9.47 Å². The number of aryl methyl sites for hydroxylation is 1. The molecule has 0 saturated heterocycles. The highest BCUT2D eigenvalue weighted by Crippen LogP contribution is 2.23. The molecule has 0 aliphatic heterocycles. The minimum atomic E-state index is -0.531. The fourth-order valence-electron chi connectivity index (χ4n) is 2.46. The molecule has 0 radical (unpaired) electrons. The lowest BCUT2D eigenvalue weighted by Crippen LogP contribution is -2.32. The Hall–Kier alpha value is -2.33. The number of amides is 1. The Labute approximate surface area is 143 Å². The van der Waals surface area contributed by atoms with Crippen molar-refractivity contribution in [3.05, 3.63) is 59.2 Å². The second-order valence-electron chi connectivity index (χ2n) is 5.84. The molecule has 0 spiro atoms. The van der Waals surface area contributed by atoms with Gasteiger partial charge in [-0.25, -0.2) is 0 Å². The zero-order valence-electron chi connectivity index (χ0n) is 14.8. The van der Waals surface area contributed by atoms with E-state index >= 15 is 0 Å². The molecule has 128 valence electrons. The zero-order chi connectivity index (χ0) is 17.5. The molecule has 2 aromatic carbocycles. The molecule has 0 aromatic heterocycles. The predicted molar refractivity (Wildman–Crippen MR) is 96.4 cm³/mol. The fourth-order valence-corrected chi connectivity index (χ4v) is 2.46. The molecule has 1 amide bonds. The van der Waals surface area contributed by atoms with Crippen molar-refractivity contribution in [2.75, 3.05) is 12.4 Å². The van der Waals surface area contributed by atoms with Crippen LogP contribution in [0.15, 0.2) is 42.5 Å². The van der Waals surface area contributed by atoms with Gasteiger partial charge in [0.1, 0.15) is 5.75 Å². The van der Waals surface area contributed by atoms with Crippen LogP contribution in [0.3, 0.4) is 0 Å². The van der Waals surface area contributed by atoms with Crippen molar-refractivity contribution in [2.45, 2.75) is 39.9 Å². The minimum Gasteiger partial charge on any atom is -0.480 e. The molecule has 2 aromatic rings. The van der Waals surface area contributed by atoms with E-state index in [2.05, 4.69) is 5.32 Å². The number of hydrogen-bond acceptors (Lipinski definition) is 3. The van der Waals surface area contributed by atoms with Crippen LogP contribution in [0.4, 0.5) is 5.69 Å². The smallest absolute Gasteiger partial charge is 0.265 e. The lowest BCUT2D eigenvalue weighted by atomic mass is 10.1. The number of ether oxygens (including phenoxy) is 2. The first-order valence-electron chi connectivity index (χ1n) is 8.16. The van der Waals surface area contributed by atoms with Crippen molar-refractivity contribution in [3.63, 3.8) is 0 Å². The molecule has 4 heteroatoms. The third kappa shape index (κ3) is 4.59. The SMILES string of the molecule is CCC(Oc1cccc(C)c1C)C(=O)Nc1cccc(COC)c1. The lowest BCUT2D eigenvalue weighted by molar-refractivity contribution is -0.122. The Morgan fingerprint density at radius 1 is 1.17 bits per heavy atom. The van der Waals surface area contributed by atoms with Gasteiger partial charge in [-0.3, -0.25) is 4.79 Å². The van der Waals surface area contributed by atoms with Crippen molar-refractivity contribution < 1.29 is 14.3 Å². The Kier molecular flexibility index (Phi) is 6.38. The van der Waals surface area contributed by atoms with E-state index in [9.17, 15) is 4.79 Å². The van der Waals surface area contributed by atoms with E-state index in [0.717, 1.165) is 28.1 Å². The quantitative estimate of drug-likeness (QED) is 0.827. The number of carbonyl (C=O) groups excluding carboxylic acids is 1. The number of rotatable bonds is 7. The third-order valence-corrected chi connectivity index (χ3v) is 3.99. The van der Waals surface area contributed by atoms with Gasteiger partial charge >= 0.3 is 0 Å². The molecule has 0 saturated carbocycles. The lowest BCUT2D eigenvalue weighted by Gasteiger charge is -2.19. The van der Waals surface area contributed by atoms with Crippen LogP contribution in [-0.4, -0.2) is 19.1 Å². The van der Waals surface area contributed by atoms with Crippen molar-refractivity contribution in [1.29, 1.82) is 0 Å². The van der Waals surface area contributed by atoms with Gasteiger partial charge in [0.15, 0.2) is 6.10 Å². The van der Waals surface area contributed by atoms with Crippen LogP contribution in [0.1, 0.15) is 30.0 Å². The third-order valence-electron chi connectivity index (χ3n) is 3.99. The molecule has 1 unspecified atom stereocenters. The van der Waals surface area contributed by atoms with Crippen LogP contribution in [0.5, 0.6) is 5.75 Å². The summed E-state index contributed by atoms with van der Waals surface area (Å²) in [6.07, 6.45) is 0.0633. The molecular formula is C20H25NO3. The highest BCUT2D eigenvalue weighted by atomic mass is 16.5. The molecule has 0 bridgehead atoms. The molecule has 1 atom stereocenters. The maximum absolute atomic E-state index is 12.5. The molecule has 0 heterocycles. The van der Waals surface area contributed by atoms with E-state index in [-0.39, 0.29) is 5.91 Å². The van der Waals surface area contributed by atoms with Gasteiger partial charge in [-0.15, -0.1) is 0 Å². The molecule has 1 N–H and O–H groups in total. The summed E-state index contributed by atoms with van der Waals surface area (Å²) >= 11 is 0. The second-order valence-corrected chi connectivity index (χ2v) is 5.84. The number of carbonyl (C=O) groups is 1. The first-order chi connectivity index (χ1) is 11.5. The van der Waals surface area contributed by atoms with Gasteiger partial charge in [-0.2, -0.15) is 0 Å². The molecule has 4 nitrogen and oxygen atoms in total. The fraction of sp³-hybridized carbons (Fsp3) is 0.350. The summed E-state index contributed by atoms with van der Waals surface area (Å²) in [5.41, 5.74) is 3.97. The van der Waals surface area contributed by atoms with Gasteiger partial charge in [-0.1, -0.05) is 31.2 Å². The summed E-state index contributed by atoms with van der Waals surface area (Å²) in [6.45, 7) is 6.49. The van der Waals surface area contributed by atoms with Crippen molar-refractivity contribution in [2.24, 2.45) is 0 Å². The van der Waals surface area contributed by atoms with Gasteiger partial charge in [0.25, 0.3) is 5.91 Å². The number of benzene rings is 2. The molecule has 0 fully saturated rings. The second kappa shape index (κ2) is 8.50. The normalized spacial score (nSPS) is 11.8. The predicted octanol–water partition coefficient (Wildman–Crippen LogP) is 4.25. The van der Waals surface area contributed by atoms with Gasteiger partial charge in [0.2, 0.25) is 0 Å². The van der Waals surface area contributed by atoms with E-state index in [0.29, 0.717) is 13.0 Å². The number of nitrogens with one attached hydrogen (secondary N) is 1. The standard InChI is InChI=1S/C20H25NO3/c1-5-18(24-19-11-6-8-14(2)15(19)3)20(22)21-17-10-7-9-16(12-17)13-23-4/h6-12,18H,5,13H2,1-4H3,(H,21,22). The average molecular weight is 327 g/mol. The Morgan fingerprint density at radius 3 is 2.62 bits per heavy atom. The van der Waals surface area contributed by atoms with Crippen LogP contribution < -0.4 is 10.1 Å². The summed E-state index contributed by atoms with van der Waals surface area (Å²) < 4.78 is 11.1. The highest BCUT2D eigenvalue weighted by Gasteiger charge is 2.19. The topological polar surface area (TPSA) is 47.6 Å². The van der Waals surface area contributed by atoms with E-state index in [1.807, 2.05) is 63.2 Å². The van der Waals surface area contributed by atoms with Gasteiger partial charge in [0.05, 0.1) is 6.61 Å². The van der Waals surface area contributed by atoms with E-state index < -0.39 is 6.10 Å². The van der Waals surface area contributed by atoms with E-state index in [1.165, 1.54) is 0 Å². The summed E-state index contributed by atoms with van der Waals surface area (Å²) in [4.78, 5) is 12.5. The summed E-state index contributed by atoms with van der Waals surface area (Å²) in [6, 6.07) is 13.5. The van der Waals surface area contributed by atoms with Crippen molar-refractivity contribution in [1.82, 2.24) is 0 Å². The van der Waals surface area contributed by atoms with Crippen LogP contribution in [0.25, 0.3) is 0 Å². The molecular weight excluding hydrogens is 302 g/mol. The average Bonchev–Trinajstić information content (AvgIpc) is 2.56. The number of hydrogen-bond donors (Lipinski definition) is 1. The first kappa shape index (κ1) is 18.0. The van der Waals surface area contributed by atoms with E-state index in [1.54, 1.807) is 7.11 Å². The van der Waals surface area contributed by atoms with Gasteiger partial charge in [0, 0.05) is 12.8 Å². The molecule has 2 rings (SSSR count). The zero-order valence-corrected chi connectivity index (χ0v) is 14.8. The van der Waals surface area contributed by atoms with Crippen LogP contribution in [-0.2, 0) is 16.1 Å². The molecule has 24 heavy (non-hydrogen) atoms. The Bertz CT molecular complexity index is 697. The van der Waals surface area contributed by atoms with Crippen LogP contribution in [0.2, 0.25) is 0 Å². The highest BCUT2D eigenvalue weighted by molar-refractivity contribution is 5.94. The monoisotopic (exact) mass is 327 g/mol. The maximum atomic E-state index is 12.5. The summed E-state index contributed by atoms with van der Waals surface area (Å²) in [7, 11) is 1.65. The molecule has 0 aliphatic carbocycles. The Balaban J connectivity index is 2.08. The number of anilines is 1. The first-order valence-corrected chi connectivity index (χ1v) is 8.16. The molecule has 0 aliphatic rings. The Morgan fingerprint density at radius 2 is 1.92 bits per heavy atom. The number of methoxy groups -OCH3 is 1. The largest absolute Gasteiger partial charge is 0.480 e. The van der Waals surface area contributed by atoms with Crippen molar-refractivity contribution in [3.8, 4) is 5.75 Å². The van der Waals surface area contributed by atoms with Gasteiger partial charge in [-0.05, 0) is 55.2 Å².